The number of likely N-dealkylation sites (tertiary alicyclic amines) is 1. The van der Waals surface area contributed by atoms with Crippen molar-refractivity contribution in [1.29, 1.82) is 0 Å². The van der Waals surface area contributed by atoms with Crippen molar-refractivity contribution in [1.82, 2.24) is 15.1 Å². The predicted octanol–water partition coefficient (Wildman–Crippen LogP) is 2.54. The van der Waals surface area contributed by atoms with E-state index < -0.39 is 0 Å². The summed E-state index contributed by atoms with van der Waals surface area (Å²) < 4.78 is 0. The minimum Gasteiger partial charge on any atom is -0.350 e. The Morgan fingerprint density at radius 2 is 1.89 bits per heavy atom. The SMILES string of the molecule is CN1C(=O)c2ccc(C(=O)NCC(c3cccs3)N3CCCC3)cc2C1=O. The molecule has 1 N–H and O–H groups in total. The molecule has 7 heteroatoms. The summed E-state index contributed by atoms with van der Waals surface area (Å²) in [6.45, 7) is 2.60. The van der Waals surface area contributed by atoms with Gasteiger partial charge in [0.25, 0.3) is 17.7 Å². The Bertz CT molecular complexity index is 888. The molecule has 6 nitrogen and oxygen atoms in total. The van der Waals surface area contributed by atoms with Gasteiger partial charge in [-0.3, -0.25) is 24.2 Å². The van der Waals surface area contributed by atoms with Crippen molar-refractivity contribution < 1.29 is 14.4 Å². The third kappa shape index (κ3) is 3.28. The summed E-state index contributed by atoms with van der Waals surface area (Å²) in [5.41, 5.74) is 1.05. The van der Waals surface area contributed by atoms with Gasteiger partial charge in [-0.25, -0.2) is 0 Å². The van der Waals surface area contributed by atoms with Gasteiger partial charge in [-0.05, 0) is 55.6 Å². The van der Waals surface area contributed by atoms with Crippen LogP contribution in [-0.4, -0.2) is 54.2 Å². The molecule has 4 rings (SSSR count). The monoisotopic (exact) mass is 383 g/mol. The average Bonchev–Trinajstić information content (AvgIpc) is 3.43. The molecule has 3 heterocycles. The summed E-state index contributed by atoms with van der Waals surface area (Å²) >= 11 is 1.70. The van der Waals surface area contributed by atoms with E-state index in [-0.39, 0.29) is 23.8 Å². The highest BCUT2D eigenvalue weighted by Gasteiger charge is 2.33. The Kier molecular flexibility index (Phi) is 4.80. The number of carbonyl (C=O) groups is 3. The fraction of sp³-hybridized carbons (Fsp3) is 0.350. The molecule has 1 unspecified atom stereocenters. The van der Waals surface area contributed by atoms with Gasteiger partial charge in [-0.1, -0.05) is 6.07 Å². The topological polar surface area (TPSA) is 69.7 Å². The molecule has 1 aromatic carbocycles. The average molecular weight is 383 g/mol. The molecule has 2 aliphatic heterocycles. The van der Waals surface area contributed by atoms with Crippen LogP contribution in [0.5, 0.6) is 0 Å². The van der Waals surface area contributed by atoms with Gasteiger partial charge in [0.1, 0.15) is 0 Å². The van der Waals surface area contributed by atoms with Gasteiger partial charge in [0.2, 0.25) is 0 Å². The Labute approximate surface area is 161 Å². The first-order valence-electron chi connectivity index (χ1n) is 9.08. The van der Waals surface area contributed by atoms with Crippen molar-refractivity contribution in [2.24, 2.45) is 0 Å². The van der Waals surface area contributed by atoms with E-state index in [1.54, 1.807) is 23.5 Å². The molecule has 3 amide bonds. The standard InChI is InChI=1S/C20H21N3O3S/c1-22-19(25)14-7-6-13(11-15(14)20(22)26)18(24)21-12-16(17-5-4-10-27-17)23-8-2-3-9-23/h4-7,10-11,16H,2-3,8-9,12H2,1H3,(H,21,24). The van der Waals surface area contributed by atoms with E-state index in [2.05, 4.69) is 21.7 Å². The molecule has 0 aliphatic carbocycles. The number of hydrogen-bond acceptors (Lipinski definition) is 5. The van der Waals surface area contributed by atoms with Crippen LogP contribution in [0.4, 0.5) is 0 Å². The zero-order valence-electron chi connectivity index (χ0n) is 15.1. The number of hydrogen-bond donors (Lipinski definition) is 1. The molecule has 0 spiro atoms. The predicted molar refractivity (Wildman–Crippen MR) is 103 cm³/mol. The number of thiophene rings is 1. The first-order valence-corrected chi connectivity index (χ1v) is 9.96. The Balaban J connectivity index is 1.49. The van der Waals surface area contributed by atoms with Crippen molar-refractivity contribution in [2.45, 2.75) is 18.9 Å². The smallest absolute Gasteiger partial charge is 0.261 e. The van der Waals surface area contributed by atoms with Crippen LogP contribution in [0.2, 0.25) is 0 Å². The van der Waals surface area contributed by atoms with Crippen molar-refractivity contribution in [3.63, 3.8) is 0 Å². The Hall–Kier alpha value is -2.51. The molecule has 27 heavy (non-hydrogen) atoms. The van der Waals surface area contributed by atoms with E-state index in [9.17, 15) is 14.4 Å². The maximum absolute atomic E-state index is 12.7. The summed E-state index contributed by atoms with van der Waals surface area (Å²) in [6, 6.07) is 8.99. The number of benzene rings is 1. The lowest BCUT2D eigenvalue weighted by atomic mass is 10.1. The van der Waals surface area contributed by atoms with E-state index >= 15 is 0 Å². The molecule has 0 bridgehead atoms. The molecule has 1 aromatic heterocycles. The second-order valence-corrected chi connectivity index (χ2v) is 7.89. The van der Waals surface area contributed by atoms with Gasteiger partial charge < -0.3 is 5.32 Å². The first kappa shape index (κ1) is 17.9. The molecule has 0 radical (unpaired) electrons. The van der Waals surface area contributed by atoms with Crippen LogP contribution >= 0.6 is 11.3 Å². The van der Waals surface area contributed by atoms with Crippen molar-refractivity contribution in [3.8, 4) is 0 Å². The maximum Gasteiger partial charge on any atom is 0.261 e. The number of imide groups is 1. The number of carbonyl (C=O) groups excluding carboxylic acids is 3. The summed E-state index contributed by atoms with van der Waals surface area (Å²) in [6.07, 6.45) is 2.37. The minimum absolute atomic E-state index is 0.167. The van der Waals surface area contributed by atoms with E-state index in [1.165, 1.54) is 30.8 Å². The highest BCUT2D eigenvalue weighted by atomic mass is 32.1. The van der Waals surface area contributed by atoms with Crippen LogP contribution in [0.15, 0.2) is 35.7 Å². The van der Waals surface area contributed by atoms with E-state index in [0.29, 0.717) is 23.2 Å². The highest BCUT2D eigenvalue weighted by Crippen LogP contribution is 2.28. The van der Waals surface area contributed by atoms with E-state index in [4.69, 9.17) is 0 Å². The molecule has 1 atom stereocenters. The summed E-state index contributed by atoms with van der Waals surface area (Å²) in [5, 5.41) is 5.06. The number of amides is 3. The number of fused-ring (bicyclic) bond motifs is 1. The number of rotatable bonds is 5. The largest absolute Gasteiger partial charge is 0.350 e. The van der Waals surface area contributed by atoms with Gasteiger partial charge in [-0.2, -0.15) is 0 Å². The fourth-order valence-electron chi connectivity index (χ4n) is 3.74. The molecule has 0 saturated carbocycles. The van der Waals surface area contributed by atoms with Crippen molar-refractivity contribution in [3.05, 3.63) is 57.3 Å². The van der Waals surface area contributed by atoms with Gasteiger partial charge in [0.05, 0.1) is 17.2 Å². The minimum atomic E-state index is -0.363. The number of nitrogens with one attached hydrogen (secondary N) is 1. The van der Waals surface area contributed by atoms with Crippen molar-refractivity contribution >= 4 is 29.1 Å². The van der Waals surface area contributed by atoms with Crippen LogP contribution < -0.4 is 5.32 Å². The van der Waals surface area contributed by atoms with Gasteiger partial charge >= 0.3 is 0 Å². The molecular weight excluding hydrogens is 362 g/mol. The Morgan fingerprint density at radius 1 is 1.15 bits per heavy atom. The normalized spacial score (nSPS) is 18.0. The molecule has 1 fully saturated rings. The lowest BCUT2D eigenvalue weighted by Gasteiger charge is -2.27. The van der Waals surface area contributed by atoms with Crippen molar-refractivity contribution in [2.75, 3.05) is 26.7 Å². The molecule has 2 aromatic rings. The highest BCUT2D eigenvalue weighted by molar-refractivity contribution is 7.10. The van der Waals surface area contributed by atoms with Gasteiger partial charge in [0, 0.05) is 24.0 Å². The van der Waals surface area contributed by atoms with E-state index in [0.717, 1.165) is 18.0 Å². The third-order valence-corrected chi connectivity index (χ3v) is 6.23. The summed E-state index contributed by atoms with van der Waals surface area (Å²) in [5.74, 6) is -0.916. The maximum atomic E-state index is 12.7. The summed E-state index contributed by atoms with van der Waals surface area (Å²) in [4.78, 5) is 41.5. The second kappa shape index (κ2) is 7.25. The molecule has 2 aliphatic rings. The molecular formula is C20H21N3O3S. The van der Waals surface area contributed by atoms with Crippen LogP contribution in [0.1, 0.15) is 54.8 Å². The summed E-state index contributed by atoms with van der Waals surface area (Å²) in [7, 11) is 1.45. The van der Waals surface area contributed by atoms with Gasteiger partial charge in [0.15, 0.2) is 0 Å². The lowest BCUT2D eigenvalue weighted by molar-refractivity contribution is 0.0693. The fourth-order valence-corrected chi connectivity index (χ4v) is 4.60. The molecule has 1 saturated heterocycles. The second-order valence-electron chi connectivity index (χ2n) is 6.91. The third-order valence-electron chi connectivity index (χ3n) is 5.26. The lowest BCUT2D eigenvalue weighted by Crippen LogP contribution is -2.36. The van der Waals surface area contributed by atoms with Crippen LogP contribution in [0.3, 0.4) is 0 Å². The van der Waals surface area contributed by atoms with Crippen LogP contribution in [0, 0.1) is 0 Å². The van der Waals surface area contributed by atoms with Crippen LogP contribution in [0.25, 0.3) is 0 Å². The quantitative estimate of drug-likeness (QED) is 0.806. The van der Waals surface area contributed by atoms with Crippen LogP contribution in [-0.2, 0) is 0 Å². The van der Waals surface area contributed by atoms with Gasteiger partial charge in [-0.15, -0.1) is 11.3 Å². The molecule has 140 valence electrons. The zero-order valence-corrected chi connectivity index (χ0v) is 15.9. The zero-order chi connectivity index (χ0) is 19.0. The first-order chi connectivity index (χ1) is 13.1. The Morgan fingerprint density at radius 3 is 2.59 bits per heavy atom. The van der Waals surface area contributed by atoms with E-state index in [1.807, 2.05) is 6.07 Å². The number of nitrogens with zero attached hydrogens (tertiary/aromatic N) is 2.